The van der Waals surface area contributed by atoms with Crippen LogP contribution in [0.15, 0.2) is 22.8 Å². The van der Waals surface area contributed by atoms with Crippen LogP contribution in [0.5, 0.6) is 0 Å². The van der Waals surface area contributed by atoms with Gasteiger partial charge in [0.1, 0.15) is 5.76 Å². The minimum absolute atomic E-state index is 0.137. The molecule has 0 aliphatic carbocycles. The number of carbonyl (C=O) groups is 1. The van der Waals surface area contributed by atoms with Gasteiger partial charge in [-0.05, 0) is 45.4 Å². The van der Waals surface area contributed by atoms with Crippen molar-refractivity contribution in [3.63, 3.8) is 0 Å². The lowest BCUT2D eigenvalue weighted by Gasteiger charge is -2.30. The largest absolute Gasteiger partial charge is 0.467 e. The number of likely N-dealkylation sites (N-methyl/N-ethyl adjacent to an activating group) is 1. The number of carbonyl (C=O) groups excluding carboxylic acids is 1. The second-order valence-electron chi connectivity index (χ2n) is 6.15. The molecule has 0 bridgehead atoms. The average molecular weight is 293 g/mol. The van der Waals surface area contributed by atoms with E-state index < -0.39 is 0 Å². The van der Waals surface area contributed by atoms with Crippen molar-refractivity contribution in [1.29, 1.82) is 0 Å². The quantitative estimate of drug-likeness (QED) is 0.831. The Kier molecular flexibility index (Phi) is 5.82. The van der Waals surface area contributed by atoms with Crippen molar-refractivity contribution < 1.29 is 9.21 Å². The molecule has 1 aliphatic rings. The van der Waals surface area contributed by atoms with Crippen LogP contribution in [-0.4, -0.2) is 54.5 Å². The zero-order valence-electron chi connectivity index (χ0n) is 13.3. The molecule has 1 amide bonds. The second-order valence-corrected chi connectivity index (χ2v) is 6.15. The summed E-state index contributed by atoms with van der Waals surface area (Å²) in [4.78, 5) is 16.4. The van der Waals surface area contributed by atoms with Crippen molar-refractivity contribution in [1.82, 2.24) is 15.1 Å². The lowest BCUT2D eigenvalue weighted by atomic mass is 10.2. The smallest absolute Gasteiger partial charge is 0.236 e. The van der Waals surface area contributed by atoms with E-state index in [1.165, 1.54) is 12.8 Å². The molecular formula is C16H27N3O2. The summed E-state index contributed by atoms with van der Waals surface area (Å²) in [5, 5.41) is 3.50. The number of amides is 1. The second kappa shape index (κ2) is 7.61. The first-order chi connectivity index (χ1) is 10.1. The van der Waals surface area contributed by atoms with Gasteiger partial charge >= 0.3 is 0 Å². The monoisotopic (exact) mass is 293 g/mol. The maximum atomic E-state index is 12.4. The first-order valence-electron chi connectivity index (χ1n) is 7.80. The van der Waals surface area contributed by atoms with Crippen LogP contribution in [0.4, 0.5) is 0 Å². The molecule has 1 atom stereocenters. The molecule has 21 heavy (non-hydrogen) atoms. The van der Waals surface area contributed by atoms with Crippen LogP contribution in [0, 0.1) is 0 Å². The molecule has 0 saturated carbocycles. The van der Waals surface area contributed by atoms with Crippen LogP contribution in [0.2, 0.25) is 0 Å². The molecule has 1 N–H and O–H groups in total. The summed E-state index contributed by atoms with van der Waals surface area (Å²) in [5.41, 5.74) is 0. The molecule has 118 valence electrons. The van der Waals surface area contributed by atoms with Gasteiger partial charge in [0.25, 0.3) is 0 Å². The van der Waals surface area contributed by atoms with Crippen LogP contribution in [-0.2, 0) is 11.3 Å². The van der Waals surface area contributed by atoms with E-state index in [2.05, 4.69) is 24.1 Å². The topological polar surface area (TPSA) is 48.7 Å². The van der Waals surface area contributed by atoms with Crippen LogP contribution in [0.25, 0.3) is 0 Å². The molecule has 0 spiro atoms. The van der Waals surface area contributed by atoms with E-state index in [4.69, 9.17) is 4.42 Å². The molecule has 1 aromatic rings. The zero-order valence-corrected chi connectivity index (χ0v) is 13.3. The van der Waals surface area contributed by atoms with Gasteiger partial charge in [0, 0.05) is 25.7 Å². The highest BCUT2D eigenvalue weighted by Gasteiger charge is 2.22. The van der Waals surface area contributed by atoms with Crippen molar-refractivity contribution in [2.75, 3.05) is 26.7 Å². The Bertz CT molecular complexity index is 425. The Morgan fingerprint density at radius 1 is 1.52 bits per heavy atom. The van der Waals surface area contributed by atoms with E-state index in [0.717, 1.165) is 18.8 Å². The molecule has 0 radical (unpaired) electrons. The van der Waals surface area contributed by atoms with Gasteiger partial charge in [-0.1, -0.05) is 0 Å². The molecule has 1 saturated heterocycles. The maximum Gasteiger partial charge on any atom is 0.236 e. The highest BCUT2D eigenvalue weighted by molar-refractivity contribution is 5.78. The van der Waals surface area contributed by atoms with E-state index in [1.807, 2.05) is 19.2 Å². The molecule has 2 heterocycles. The third kappa shape index (κ3) is 4.86. The summed E-state index contributed by atoms with van der Waals surface area (Å²) < 4.78 is 5.30. The molecular weight excluding hydrogens is 266 g/mol. The number of nitrogens with one attached hydrogen (secondary N) is 1. The highest BCUT2D eigenvalue weighted by Crippen LogP contribution is 2.10. The standard InChI is InChI=1S/C16H27N3O2/c1-13(2)19(10-14-6-4-8-17-14)12-16(20)18(3)11-15-7-5-9-21-15/h5,7,9,13-14,17H,4,6,8,10-12H2,1-3H3. The predicted molar refractivity (Wildman–Crippen MR) is 82.9 cm³/mol. The van der Waals surface area contributed by atoms with Crippen molar-refractivity contribution in [2.45, 2.75) is 45.3 Å². The molecule has 1 fully saturated rings. The summed E-state index contributed by atoms with van der Waals surface area (Å²) in [5.74, 6) is 0.956. The van der Waals surface area contributed by atoms with Crippen molar-refractivity contribution >= 4 is 5.91 Å². The lowest BCUT2D eigenvalue weighted by molar-refractivity contribution is -0.132. The van der Waals surface area contributed by atoms with Gasteiger partial charge in [-0.25, -0.2) is 0 Å². The van der Waals surface area contributed by atoms with Crippen LogP contribution < -0.4 is 5.32 Å². The Labute approximate surface area is 127 Å². The number of hydrogen-bond acceptors (Lipinski definition) is 4. The van der Waals surface area contributed by atoms with E-state index in [1.54, 1.807) is 11.2 Å². The summed E-state index contributed by atoms with van der Waals surface area (Å²) >= 11 is 0. The highest BCUT2D eigenvalue weighted by atomic mass is 16.3. The third-order valence-electron chi connectivity index (χ3n) is 4.08. The maximum absolute atomic E-state index is 12.4. The van der Waals surface area contributed by atoms with Crippen LogP contribution >= 0.6 is 0 Å². The summed E-state index contributed by atoms with van der Waals surface area (Å²) in [7, 11) is 1.83. The van der Waals surface area contributed by atoms with Gasteiger partial charge in [0.15, 0.2) is 0 Å². The fourth-order valence-electron chi connectivity index (χ4n) is 2.67. The summed E-state index contributed by atoms with van der Waals surface area (Å²) in [6.07, 6.45) is 4.09. The molecule has 1 aromatic heterocycles. The Balaban J connectivity index is 1.84. The predicted octanol–water partition coefficient (Wildman–Crippen LogP) is 1.70. The number of hydrogen-bond donors (Lipinski definition) is 1. The number of nitrogens with zero attached hydrogens (tertiary/aromatic N) is 2. The van der Waals surface area contributed by atoms with Gasteiger partial charge in [-0.15, -0.1) is 0 Å². The fraction of sp³-hybridized carbons (Fsp3) is 0.688. The van der Waals surface area contributed by atoms with Gasteiger partial charge in [0.05, 0.1) is 19.4 Å². The molecule has 1 aliphatic heterocycles. The minimum Gasteiger partial charge on any atom is -0.467 e. The van der Waals surface area contributed by atoms with Gasteiger partial charge < -0.3 is 14.6 Å². The van der Waals surface area contributed by atoms with Crippen molar-refractivity contribution in [3.8, 4) is 0 Å². The Morgan fingerprint density at radius 3 is 2.90 bits per heavy atom. The Hall–Kier alpha value is -1.33. The van der Waals surface area contributed by atoms with Gasteiger partial charge in [-0.3, -0.25) is 9.69 Å². The molecule has 2 rings (SSSR count). The molecule has 5 nitrogen and oxygen atoms in total. The minimum atomic E-state index is 0.137. The normalized spacial score (nSPS) is 18.6. The SMILES string of the molecule is CC(C)N(CC(=O)N(C)Cc1ccco1)CC1CCCN1. The Morgan fingerprint density at radius 2 is 2.33 bits per heavy atom. The number of furan rings is 1. The van der Waals surface area contributed by atoms with Gasteiger partial charge in [-0.2, -0.15) is 0 Å². The van der Waals surface area contributed by atoms with Crippen LogP contribution in [0.3, 0.4) is 0 Å². The molecule has 1 unspecified atom stereocenters. The fourth-order valence-corrected chi connectivity index (χ4v) is 2.67. The van der Waals surface area contributed by atoms with Crippen molar-refractivity contribution in [3.05, 3.63) is 24.2 Å². The van der Waals surface area contributed by atoms with Crippen molar-refractivity contribution in [2.24, 2.45) is 0 Å². The van der Waals surface area contributed by atoms with E-state index >= 15 is 0 Å². The van der Waals surface area contributed by atoms with Crippen LogP contribution in [0.1, 0.15) is 32.4 Å². The zero-order chi connectivity index (χ0) is 15.2. The van der Waals surface area contributed by atoms with E-state index in [9.17, 15) is 4.79 Å². The summed E-state index contributed by atoms with van der Waals surface area (Å²) in [6.45, 7) is 7.33. The average Bonchev–Trinajstić information content (AvgIpc) is 3.10. The first kappa shape index (κ1) is 16.0. The van der Waals surface area contributed by atoms with E-state index in [0.29, 0.717) is 25.2 Å². The first-order valence-corrected chi connectivity index (χ1v) is 7.80. The summed E-state index contributed by atoms with van der Waals surface area (Å²) in [6, 6.07) is 4.63. The molecule has 5 heteroatoms. The number of rotatable bonds is 7. The molecule has 0 aromatic carbocycles. The van der Waals surface area contributed by atoms with E-state index in [-0.39, 0.29) is 5.91 Å². The van der Waals surface area contributed by atoms with Gasteiger partial charge in [0.2, 0.25) is 5.91 Å². The third-order valence-corrected chi connectivity index (χ3v) is 4.08. The lowest BCUT2D eigenvalue weighted by Crippen LogP contribution is -2.46.